The Morgan fingerprint density at radius 2 is 2.04 bits per heavy atom. The lowest BCUT2D eigenvalue weighted by Crippen LogP contribution is -2.41. The second kappa shape index (κ2) is 11.8. The topological polar surface area (TPSA) is 71.7 Å². The summed E-state index contributed by atoms with van der Waals surface area (Å²) >= 11 is 0. The number of aromatic nitrogens is 1. The summed E-state index contributed by atoms with van der Waals surface area (Å²) in [6.45, 7) is 10.1. The summed E-state index contributed by atoms with van der Waals surface area (Å²) in [6, 6.07) is 9.96. The average Bonchev–Trinajstić information content (AvgIpc) is 3.07. The molecular weight excluding hydrogens is 443 g/mol. The molecule has 0 bridgehead atoms. The third-order valence-electron chi connectivity index (χ3n) is 3.69. The van der Waals surface area contributed by atoms with Crippen LogP contribution in [0.5, 0.6) is 5.75 Å². The van der Waals surface area contributed by atoms with Gasteiger partial charge in [0.1, 0.15) is 18.4 Å². The Labute approximate surface area is 172 Å². The Bertz CT molecular complexity index is 688. The molecule has 7 heteroatoms. The molecule has 2 N–H and O–H groups in total. The van der Waals surface area contributed by atoms with E-state index in [0.717, 1.165) is 41.7 Å². The number of hydrogen-bond acceptors (Lipinski definition) is 4. The lowest BCUT2D eigenvalue weighted by atomic mass is 10.2. The van der Waals surface area contributed by atoms with Gasteiger partial charge in [0.25, 0.3) is 0 Å². The van der Waals surface area contributed by atoms with Crippen LogP contribution in [0.2, 0.25) is 0 Å². The second-order valence-corrected chi connectivity index (χ2v) is 5.91. The van der Waals surface area contributed by atoms with E-state index < -0.39 is 0 Å². The molecule has 2 aromatic rings. The predicted molar refractivity (Wildman–Crippen MR) is 115 cm³/mol. The van der Waals surface area contributed by atoms with Crippen molar-refractivity contribution < 1.29 is 9.26 Å². The smallest absolute Gasteiger partial charge is 0.191 e. The minimum absolute atomic E-state index is 0. The molecule has 0 aliphatic carbocycles. The van der Waals surface area contributed by atoms with Gasteiger partial charge in [0.05, 0.1) is 12.2 Å². The maximum absolute atomic E-state index is 5.98. The summed E-state index contributed by atoms with van der Waals surface area (Å²) in [6.07, 6.45) is 0.876. The molecule has 1 aromatic carbocycles. The van der Waals surface area contributed by atoms with Crippen LogP contribution in [0.15, 0.2) is 39.8 Å². The van der Waals surface area contributed by atoms with Gasteiger partial charge in [0, 0.05) is 12.6 Å². The van der Waals surface area contributed by atoms with Gasteiger partial charge in [0.15, 0.2) is 11.7 Å². The molecule has 0 saturated carbocycles. The standard InChI is InChI=1S/C19H28N4O2.HI/c1-5-16-11-17(25-23-16)13-22-19(20-6-2)21-12-15(4)24-18-10-8-7-9-14(18)3;/h7-11,15H,5-6,12-13H2,1-4H3,(H2,20,21,22);1H. The Kier molecular flexibility index (Phi) is 10.1. The van der Waals surface area contributed by atoms with Crippen molar-refractivity contribution in [1.82, 2.24) is 15.8 Å². The molecule has 26 heavy (non-hydrogen) atoms. The van der Waals surface area contributed by atoms with Crippen LogP contribution in [0.4, 0.5) is 0 Å². The summed E-state index contributed by atoms with van der Waals surface area (Å²) in [5.41, 5.74) is 2.08. The Hall–Kier alpha value is -1.77. The van der Waals surface area contributed by atoms with Crippen molar-refractivity contribution in [2.24, 2.45) is 4.99 Å². The minimum atomic E-state index is 0. The van der Waals surface area contributed by atoms with Gasteiger partial charge in [-0.05, 0) is 38.8 Å². The number of guanidine groups is 1. The molecule has 0 aliphatic heterocycles. The summed E-state index contributed by atoms with van der Waals surface area (Å²) in [4.78, 5) is 4.53. The quantitative estimate of drug-likeness (QED) is 0.349. The van der Waals surface area contributed by atoms with Gasteiger partial charge in [-0.3, -0.25) is 0 Å². The van der Waals surface area contributed by atoms with Crippen LogP contribution in [0.1, 0.15) is 37.8 Å². The number of rotatable bonds is 8. The van der Waals surface area contributed by atoms with Crippen LogP contribution < -0.4 is 15.4 Å². The summed E-state index contributed by atoms with van der Waals surface area (Å²) in [5, 5.41) is 10.5. The monoisotopic (exact) mass is 472 g/mol. The van der Waals surface area contributed by atoms with E-state index in [1.54, 1.807) is 0 Å². The number of aryl methyl sites for hydroxylation is 2. The molecule has 0 amide bonds. The van der Waals surface area contributed by atoms with Gasteiger partial charge in [-0.15, -0.1) is 24.0 Å². The first-order valence-electron chi connectivity index (χ1n) is 8.81. The van der Waals surface area contributed by atoms with Crippen LogP contribution in [-0.2, 0) is 13.0 Å². The molecule has 0 fully saturated rings. The Balaban J connectivity index is 0.00000338. The first-order chi connectivity index (χ1) is 12.1. The first kappa shape index (κ1) is 22.3. The van der Waals surface area contributed by atoms with Gasteiger partial charge in [-0.1, -0.05) is 30.3 Å². The van der Waals surface area contributed by atoms with Gasteiger partial charge in [0.2, 0.25) is 0 Å². The molecule has 2 rings (SSSR count). The number of nitrogens with one attached hydrogen (secondary N) is 2. The van der Waals surface area contributed by atoms with Crippen LogP contribution in [-0.4, -0.2) is 30.3 Å². The third kappa shape index (κ3) is 7.23. The highest BCUT2D eigenvalue weighted by Gasteiger charge is 2.08. The first-order valence-corrected chi connectivity index (χ1v) is 8.81. The van der Waals surface area contributed by atoms with Crippen molar-refractivity contribution in [2.75, 3.05) is 13.1 Å². The van der Waals surface area contributed by atoms with E-state index in [0.29, 0.717) is 13.1 Å². The number of aliphatic imine (C=N–C) groups is 1. The molecular formula is C19H29IN4O2. The SMILES string of the molecule is CCNC(=NCc1cc(CC)no1)NCC(C)Oc1ccccc1C.I. The molecule has 0 saturated heterocycles. The fourth-order valence-electron chi connectivity index (χ4n) is 2.28. The molecule has 0 spiro atoms. The molecule has 1 aromatic heterocycles. The molecule has 1 heterocycles. The van der Waals surface area contributed by atoms with Crippen LogP contribution in [0.3, 0.4) is 0 Å². The number of halogens is 1. The maximum atomic E-state index is 5.98. The van der Waals surface area contributed by atoms with Gasteiger partial charge >= 0.3 is 0 Å². The highest BCUT2D eigenvalue weighted by atomic mass is 127. The van der Waals surface area contributed by atoms with Crippen molar-refractivity contribution in [1.29, 1.82) is 0 Å². The number of benzene rings is 1. The number of hydrogen-bond donors (Lipinski definition) is 2. The van der Waals surface area contributed by atoms with E-state index in [9.17, 15) is 0 Å². The lowest BCUT2D eigenvalue weighted by molar-refractivity contribution is 0.222. The maximum Gasteiger partial charge on any atom is 0.191 e. The van der Waals surface area contributed by atoms with Crippen LogP contribution in [0.25, 0.3) is 0 Å². The van der Waals surface area contributed by atoms with Crippen molar-refractivity contribution in [3.8, 4) is 5.75 Å². The fourth-order valence-corrected chi connectivity index (χ4v) is 2.28. The van der Waals surface area contributed by atoms with E-state index in [1.807, 2.05) is 58.0 Å². The number of nitrogens with zero attached hydrogens (tertiary/aromatic N) is 2. The van der Waals surface area contributed by atoms with E-state index in [1.165, 1.54) is 0 Å². The highest BCUT2D eigenvalue weighted by Crippen LogP contribution is 2.17. The molecule has 0 aliphatic rings. The van der Waals surface area contributed by atoms with E-state index in [-0.39, 0.29) is 30.1 Å². The minimum Gasteiger partial charge on any atom is -0.489 e. The Morgan fingerprint density at radius 3 is 2.69 bits per heavy atom. The zero-order valence-electron chi connectivity index (χ0n) is 15.9. The molecule has 1 unspecified atom stereocenters. The van der Waals surface area contributed by atoms with Crippen molar-refractivity contribution in [2.45, 2.75) is 46.8 Å². The van der Waals surface area contributed by atoms with Crippen LogP contribution >= 0.6 is 24.0 Å². The summed E-state index contributed by atoms with van der Waals surface area (Å²) in [5.74, 6) is 2.41. The van der Waals surface area contributed by atoms with Crippen molar-refractivity contribution >= 4 is 29.9 Å². The van der Waals surface area contributed by atoms with Gasteiger partial charge in [-0.25, -0.2) is 4.99 Å². The number of ether oxygens (including phenoxy) is 1. The molecule has 6 nitrogen and oxygen atoms in total. The lowest BCUT2D eigenvalue weighted by Gasteiger charge is -2.18. The summed E-state index contributed by atoms with van der Waals surface area (Å²) < 4.78 is 11.2. The predicted octanol–water partition coefficient (Wildman–Crippen LogP) is 3.69. The van der Waals surface area contributed by atoms with Gasteiger partial charge < -0.3 is 19.9 Å². The van der Waals surface area contributed by atoms with E-state index >= 15 is 0 Å². The molecule has 1 atom stereocenters. The Morgan fingerprint density at radius 1 is 1.27 bits per heavy atom. The number of para-hydroxylation sites is 1. The third-order valence-corrected chi connectivity index (χ3v) is 3.69. The normalized spacial score (nSPS) is 12.2. The van der Waals surface area contributed by atoms with E-state index in [2.05, 4.69) is 20.8 Å². The van der Waals surface area contributed by atoms with Crippen molar-refractivity contribution in [3.05, 3.63) is 47.3 Å². The zero-order valence-corrected chi connectivity index (χ0v) is 18.2. The summed E-state index contributed by atoms with van der Waals surface area (Å²) in [7, 11) is 0. The van der Waals surface area contributed by atoms with E-state index in [4.69, 9.17) is 9.26 Å². The average molecular weight is 472 g/mol. The molecule has 0 radical (unpaired) electrons. The van der Waals surface area contributed by atoms with Gasteiger partial charge in [-0.2, -0.15) is 0 Å². The van der Waals surface area contributed by atoms with Crippen molar-refractivity contribution in [3.63, 3.8) is 0 Å². The molecule has 144 valence electrons. The largest absolute Gasteiger partial charge is 0.489 e. The zero-order chi connectivity index (χ0) is 18.1. The van der Waals surface area contributed by atoms with Crippen LogP contribution in [0, 0.1) is 6.92 Å². The fraction of sp³-hybridized carbons (Fsp3) is 0.474. The highest BCUT2D eigenvalue weighted by molar-refractivity contribution is 14.0. The second-order valence-electron chi connectivity index (χ2n) is 5.91.